The number of hydrogen-bond acceptors (Lipinski definition) is 4. The monoisotopic (exact) mass is 300 g/mol. The number of nitrogen functional groups attached to an aromatic ring is 1. The van der Waals surface area contributed by atoms with Gasteiger partial charge in [-0.2, -0.15) is 0 Å². The molecule has 0 unspecified atom stereocenters. The normalized spacial score (nSPS) is 12.0. The third kappa shape index (κ3) is 5.11. The minimum Gasteiger partial charge on any atom is -0.399 e. The van der Waals surface area contributed by atoms with E-state index in [2.05, 4.69) is 4.72 Å². The summed E-state index contributed by atoms with van der Waals surface area (Å²) in [5.74, 6) is 0.437. The van der Waals surface area contributed by atoms with Crippen molar-refractivity contribution in [1.82, 2.24) is 4.72 Å². The molecule has 6 heteroatoms. The van der Waals surface area contributed by atoms with E-state index >= 15 is 0 Å². The Morgan fingerprint density at radius 1 is 1.35 bits per heavy atom. The first-order valence-corrected chi connectivity index (χ1v) is 8.31. The van der Waals surface area contributed by atoms with Crippen LogP contribution in [-0.2, 0) is 21.2 Å². The third-order valence-corrected chi connectivity index (χ3v) is 4.29. The summed E-state index contributed by atoms with van der Waals surface area (Å²) in [6.07, 6.45) is 0.639. The van der Waals surface area contributed by atoms with Crippen LogP contribution in [0.3, 0.4) is 0 Å². The highest BCUT2D eigenvalue weighted by atomic mass is 32.2. The van der Waals surface area contributed by atoms with E-state index in [0.717, 1.165) is 5.56 Å². The van der Waals surface area contributed by atoms with Crippen molar-refractivity contribution < 1.29 is 13.2 Å². The van der Waals surface area contributed by atoms with Crippen LogP contribution in [0.4, 0.5) is 5.69 Å². The number of anilines is 1. The molecular weight excluding hydrogens is 276 g/mol. The van der Waals surface area contributed by atoms with Crippen molar-refractivity contribution in [3.05, 3.63) is 23.8 Å². The van der Waals surface area contributed by atoms with Gasteiger partial charge < -0.3 is 10.5 Å². The van der Waals surface area contributed by atoms with E-state index in [-0.39, 0.29) is 11.4 Å². The number of benzene rings is 1. The van der Waals surface area contributed by atoms with Crippen LogP contribution >= 0.6 is 0 Å². The smallest absolute Gasteiger partial charge is 0.240 e. The van der Waals surface area contributed by atoms with Crippen molar-refractivity contribution in [2.45, 2.75) is 32.1 Å². The Kier molecular flexibility index (Phi) is 6.45. The Labute approximate surface area is 121 Å². The molecule has 0 saturated heterocycles. The van der Waals surface area contributed by atoms with Crippen LogP contribution in [-0.4, -0.2) is 28.2 Å². The van der Waals surface area contributed by atoms with E-state index in [1.165, 1.54) is 6.07 Å². The van der Waals surface area contributed by atoms with Gasteiger partial charge in [0.15, 0.2) is 0 Å². The van der Waals surface area contributed by atoms with E-state index in [4.69, 9.17) is 10.5 Å². The maximum Gasteiger partial charge on any atom is 0.240 e. The van der Waals surface area contributed by atoms with E-state index in [1.54, 1.807) is 12.1 Å². The van der Waals surface area contributed by atoms with E-state index < -0.39 is 10.0 Å². The van der Waals surface area contributed by atoms with Crippen LogP contribution in [0.5, 0.6) is 0 Å². The standard InChI is InChI=1S/C14H24N2O3S/c1-4-12-5-6-13(15)9-14(12)20(17,18)16-7-8-19-10-11(2)3/h5-6,9,11,16H,4,7-8,10,15H2,1-3H3. The largest absolute Gasteiger partial charge is 0.399 e. The van der Waals surface area contributed by atoms with Gasteiger partial charge >= 0.3 is 0 Å². The summed E-state index contributed by atoms with van der Waals surface area (Å²) in [5.41, 5.74) is 6.87. The van der Waals surface area contributed by atoms with E-state index in [0.29, 0.717) is 31.2 Å². The molecule has 0 radical (unpaired) electrons. The second-order valence-electron chi connectivity index (χ2n) is 5.09. The maximum absolute atomic E-state index is 12.2. The zero-order valence-electron chi connectivity index (χ0n) is 12.3. The topological polar surface area (TPSA) is 81.4 Å². The Morgan fingerprint density at radius 2 is 2.05 bits per heavy atom. The first kappa shape index (κ1) is 16.9. The van der Waals surface area contributed by atoms with Crippen LogP contribution in [0.25, 0.3) is 0 Å². The molecule has 0 aliphatic heterocycles. The van der Waals surface area contributed by atoms with Gasteiger partial charge in [0, 0.05) is 18.8 Å². The summed E-state index contributed by atoms with van der Waals surface area (Å²) in [7, 11) is -3.54. The lowest BCUT2D eigenvalue weighted by Crippen LogP contribution is -2.28. The first-order chi connectivity index (χ1) is 9.36. The summed E-state index contributed by atoms with van der Waals surface area (Å²) in [6, 6.07) is 4.96. The van der Waals surface area contributed by atoms with Crippen LogP contribution in [0.15, 0.2) is 23.1 Å². The van der Waals surface area contributed by atoms with Gasteiger partial charge in [-0.15, -0.1) is 0 Å². The molecule has 0 amide bonds. The predicted octanol–water partition coefficient (Wildman–Crippen LogP) is 1.78. The number of hydrogen-bond donors (Lipinski definition) is 2. The lowest BCUT2D eigenvalue weighted by Gasteiger charge is -2.12. The number of sulfonamides is 1. The van der Waals surface area contributed by atoms with Gasteiger partial charge in [0.25, 0.3) is 0 Å². The minimum absolute atomic E-state index is 0.254. The van der Waals surface area contributed by atoms with Crippen molar-refractivity contribution in [3.63, 3.8) is 0 Å². The highest BCUT2D eigenvalue weighted by Crippen LogP contribution is 2.19. The fourth-order valence-corrected chi connectivity index (χ4v) is 3.11. The van der Waals surface area contributed by atoms with Crippen LogP contribution in [0, 0.1) is 5.92 Å². The Balaban J connectivity index is 2.67. The minimum atomic E-state index is -3.54. The quantitative estimate of drug-likeness (QED) is 0.566. The van der Waals surface area contributed by atoms with Crippen LogP contribution in [0.1, 0.15) is 26.3 Å². The van der Waals surface area contributed by atoms with Crippen molar-refractivity contribution >= 4 is 15.7 Å². The Morgan fingerprint density at radius 3 is 2.65 bits per heavy atom. The molecule has 0 aliphatic rings. The molecule has 0 fully saturated rings. The molecule has 0 aromatic heterocycles. The fraction of sp³-hybridized carbons (Fsp3) is 0.571. The lowest BCUT2D eigenvalue weighted by atomic mass is 10.1. The Hall–Kier alpha value is -1.11. The van der Waals surface area contributed by atoms with Gasteiger partial charge in [-0.25, -0.2) is 13.1 Å². The second-order valence-corrected chi connectivity index (χ2v) is 6.82. The molecule has 0 heterocycles. The second kappa shape index (κ2) is 7.61. The molecular formula is C14H24N2O3S. The first-order valence-electron chi connectivity index (χ1n) is 6.82. The molecule has 20 heavy (non-hydrogen) atoms. The van der Waals surface area contributed by atoms with Gasteiger partial charge in [-0.3, -0.25) is 0 Å². The highest BCUT2D eigenvalue weighted by Gasteiger charge is 2.17. The molecule has 1 rings (SSSR count). The van der Waals surface area contributed by atoms with Gasteiger partial charge in [0.1, 0.15) is 0 Å². The van der Waals surface area contributed by atoms with Gasteiger partial charge in [0.05, 0.1) is 11.5 Å². The number of nitrogens with two attached hydrogens (primary N) is 1. The molecule has 0 spiro atoms. The molecule has 0 bridgehead atoms. The summed E-state index contributed by atoms with van der Waals surface area (Å²) in [6.45, 7) is 7.25. The molecule has 114 valence electrons. The summed E-state index contributed by atoms with van der Waals surface area (Å²) in [5, 5.41) is 0. The summed E-state index contributed by atoms with van der Waals surface area (Å²) >= 11 is 0. The van der Waals surface area contributed by atoms with Gasteiger partial charge in [0.2, 0.25) is 10.0 Å². The van der Waals surface area contributed by atoms with Crippen molar-refractivity contribution in [2.75, 3.05) is 25.5 Å². The molecule has 1 aromatic carbocycles. The number of nitrogens with one attached hydrogen (secondary N) is 1. The molecule has 0 aliphatic carbocycles. The van der Waals surface area contributed by atoms with E-state index in [1.807, 2.05) is 20.8 Å². The highest BCUT2D eigenvalue weighted by molar-refractivity contribution is 7.89. The maximum atomic E-state index is 12.2. The molecule has 1 aromatic rings. The van der Waals surface area contributed by atoms with Gasteiger partial charge in [-0.05, 0) is 30.0 Å². The molecule has 0 saturated carbocycles. The molecule has 0 atom stereocenters. The molecule has 5 nitrogen and oxygen atoms in total. The van der Waals surface area contributed by atoms with Crippen molar-refractivity contribution in [2.24, 2.45) is 5.92 Å². The third-order valence-electron chi connectivity index (χ3n) is 2.75. The summed E-state index contributed by atoms with van der Waals surface area (Å²) in [4.78, 5) is 0.254. The van der Waals surface area contributed by atoms with E-state index in [9.17, 15) is 8.42 Å². The SMILES string of the molecule is CCc1ccc(N)cc1S(=O)(=O)NCCOCC(C)C. The van der Waals surface area contributed by atoms with Crippen LogP contribution in [0.2, 0.25) is 0 Å². The van der Waals surface area contributed by atoms with Crippen molar-refractivity contribution in [1.29, 1.82) is 0 Å². The number of ether oxygens (including phenoxy) is 1. The Bertz CT molecular complexity index is 527. The molecule has 3 N–H and O–H groups in total. The van der Waals surface area contributed by atoms with Crippen molar-refractivity contribution in [3.8, 4) is 0 Å². The fourth-order valence-electron chi connectivity index (χ4n) is 1.76. The average molecular weight is 300 g/mol. The van der Waals surface area contributed by atoms with Gasteiger partial charge in [-0.1, -0.05) is 26.8 Å². The average Bonchev–Trinajstić information content (AvgIpc) is 2.37. The zero-order valence-corrected chi connectivity index (χ0v) is 13.2. The lowest BCUT2D eigenvalue weighted by molar-refractivity contribution is 0.114. The number of aryl methyl sites for hydroxylation is 1. The predicted molar refractivity (Wildman–Crippen MR) is 81.1 cm³/mol. The zero-order chi connectivity index (χ0) is 15.2. The van der Waals surface area contributed by atoms with Crippen LogP contribution < -0.4 is 10.5 Å². The summed E-state index contributed by atoms with van der Waals surface area (Å²) < 4.78 is 32.4. The number of rotatable bonds is 8.